The van der Waals surface area contributed by atoms with Gasteiger partial charge in [0.15, 0.2) is 5.69 Å². The van der Waals surface area contributed by atoms with Crippen LogP contribution < -0.4 is 10.5 Å². The zero-order chi connectivity index (χ0) is 15.7. The number of carbonyl (C=O) groups is 1. The second-order valence-corrected chi connectivity index (χ2v) is 3.40. The number of pyridine rings is 1. The van der Waals surface area contributed by atoms with Gasteiger partial charge in [0, 0.05) is 12.6 Å². The largest absolute Gasteiger partial charge is 0.574 e. The van der Waals surface area contributed by atoms with Gasteiger partial charge in [0.1, 0.15) is 0 Å². The molecule has 0 aliphatic heterocycles. The van der Waals surface area contributed by atoms with E-state index in [0.717, 1.165) is 0 Å². The summed E-state index contributed by atoms with van der Waals surface area (Å²) in [5.74, 6) is -3.48. The van der Waals surface area contributed by atoms with Crippen molar-refractivity contribution < 1.29 is 41.0 Å². The maximum atomic E-state index is 12.7. The maximum absolute atomic E-state index is 12.7. The van der Waals surface area contributed by atoms with E-state index in [9.17, 15) is 31.1 Å². The first-order chi connectivity index (χ1) is 8.95. The molecule has 0 amide bonds. The van der Waals surface area contributed by atoms with Crippen LogP contribution in [0.4, 0.5) is 26.3 Å². The number of rotatable bonds is 3. The predicted octanol–water partition coefficient (Wildman–Crippen LogP) is 2.16. The Bertz CT molecular complexity index is 526. The van der Waals surface area contributed by atoms with Crippen LogP contribution in [0.2, 0.25) is 0 Å². The number of hydrogen-bond donors (Lipinski definition) is 2. The molecule has 1 rings (SSSR count). The first-order valence-corrected chi connectivity index (χ1v) is 4.76. The summed E-state index contributed by atoms with van der Waals surface area (Å²) in [5.41, 5.74) is 0.802. The van der Waals surface area contributed by atoms with E-state index in [0.29, 0.717) is 6.07 Å². The lowest BCUT2D eigenvalue weighted by Gasteiger charge is -2.16. The third-order valence-corrected chi connectivity index (χ3v) is 2.00. The number of nitrogens with zero attached hydrogens (tertiary/aromatic N) is 1. The van der Waals surface area contributed by atoms with Crippen molar-refractivity contribution in [2.24, 2.45) is 5.73 Å². The third kappa shape index (κ3) is 3.73. The number of aromatic nitrogens is 1. The van der Waals surface area contributed by atoms with E-state index < -0.39 is 47.8 Å². The number of hydrogen-bond acceptors (Lipinski definition) is 4. The number of halogens is 6. The van der Waals surface area contributed by atoms with E-state index in [1.807, 2.05) is 0 Å². The number of nitrogens with two attached hydrogens (primary N) is 1. The van der Waals surface area contributed by atoms with Crippen molar-refractivity contribution in [2.45, 2.75) is 19.1 Å². The van der Waals surface area contributed by atoms with Crippen LogP contribution in [0.5, 0.6) is 5.88 Å². The number of aromatic carboxylic acids is 1. The highest BCUT2D eigenvalue weighted by Gasteiger charge is 2.40. The average molecular weight is 304 g/mol. The van der Waals surface area contributed by atoms with Crippen molar-refractivity contribution in [1.29, 1.82) is 0 Å². The number of alkyl halides is 6. The number of ether oxygens (including phenoxy) is 1. The zero-order valence-corrected chi connectivity index (χ0v) is 9.34. The fourth-order valence-electron chi connectivity index (χ4n) is 1.37. The first kappa shape index (κ1) is 16.0. The van der Waals surface area contributed by atoms with Gasteiger partial charge in [0.05, 0.1) is 5.56 Å². The fraction of sp³-hybridized carbons (Fsp3) is 0.333. The minimum absolute atomic E-state index is 0.294. The van der Waals surface area contributed by atoms with Crippen molar-refractivity contribution in [1.82, 2.24) is 4.98 Å². The first-order valence-electron chi connectivity index (χ1n) is 4.76. The van der Waals surface area contributed by atoms with Crippen LogP contribution in [-0.2, 0) is 12.7 Å². The molecule has 0 aliphatic carbocycles. The summed E-state index contributed by atoms with van der Waals surface area (Å²) in [6.07, 6.45) is -10.4. The Hall–Kier alpha value is -2.04. The molecule has 1 heterocycles. The molecular weight excluding hydrogens is 298 g/mol. The highest BCUT2D eigenvalue weighted by Crippen LogP contribution is 2.36. The fourth-order valence-corrected chi connectivity index (χ4v) is 1.37. The highest BCUT2D eigenvalue weighted by atomic mass is 19.4. The van der Waals surface area contributed by atoms with Gasteiger partial charge in [-0.2, -0.15) is 13.2 Å². The van der Waals surface area contributed by atoms with Gasteiger partial charge in [-0.05, 0) is 5.56 Å². The lowest BCUT2D eigenvalue weighted by molar-refractivity contribution is -0.276. The highest BCUT2D eigenvalue weighted by molar-refractivity contribution is 5.88. The van der Waals surface area contributed by atoms with Crippen LogP contribution in [0.1, 0.15) is 21.6 Å². The lowest BCUT2D eigenvalue weighted by Crippen LogP contribution is -2.23. The van der Waals surface area contributed by atoms with Gasteiger partial charge in [0.25, 0.3) is 0 Å². The van der Waals surface area contributed by atoms with E-state index in [1.54, 1.807) is 0 Å². The smallest absolute Gasteiger partial charge is 0.476 e. The van der Waals surface area contributed by atoms with Crippen LogP contribution in [0, 0.1) is 0 Å². The van der Waals surface area contributed by atoms with Crippen LogP contribution in [-0.4, -0.2) is 22.4 Å². The Kier molecular flexibility index (Phi) is 4.12. The molecule has 0 saturated carbocycles. The van der Waals surface area contributed by atoms with Crippen molar-refractivity contribution in [3.8, 4) is 5.88 Å². The Morgan fingerprint density at radius 2 is 1.85 bits per heavy atom. The summed E-state index contributed by atoms with van der Waals surface area (Å²) in [7, 11) is 0. The second kappa shape index (κ2) is 5.15. The third-order valence-electron chi connectivity index (χ3n) is 2.00. The van der Waals surface area contributed by atoms with Crippen LogP contribution in [0.25, 0.3) is 0 Å². The molecule has 0 saturated heterocycles. The number of carboxylic acid groups (broad SMARTS) is 1. The van der Waals surface area contributed by atoms with Crippen LogP contribution in [0.3, 0.4) is 0 Å². The van der Waals surface area contributed by atoms with Gasteiger partial charge in [0.2, 0.25) is 5.88 Å². The molecule has 0 atom stereocenters. The molecule has 0 radical (unpaired) electrons. The van der Waals surface area contributed by atoms with Gasteiger partial charge in [-0.25, -0.2) is 9.78 Å². The summed E-state index contributed by atoms with van der Waals surface area (Å²) >= 11 is 0. The van der Waals surface area contributed by atoms with E-state index in [2.05, 4.69) is 9.72 Å². The molecular formula is C9H6F6N2O3. The molecule has 0 aliphatic rings. The monoisotopic (exact) mass is 304 g/mol. The zero-order valence-electron chi connectivity index (χ0n) is 9.34. The molecule has 11 heteroatoms. The normalized spacial score (nSPS) is 12.3. The molecule has 0 fully saturated rings. The standard InChI is InChI=1S/C9H6F6N2O3/c10-8(11,12)5-3(2-16)1-4(20-9(13,14)15)17-6(5)7(18)19/h1H,2,16H2,(H,18,19). The number of carboxylic acids is 1. The van der Waals surface area contributed by atoms with Gasteiger partial charge in [-0.15, -0.1) is 13.2 Å². The summed E-state index contributed by atoms with van der Waals surface area (Å²) in [6.45, 7) is -0.841. The van der Waals surface area contributed by atoms with Crippen molar-refractivity contribution >= 4 is 5.97 Å². The van der Waals surface area contributed by atoms with Crippen molar-refractivity contribution in [3.63, 3.8) is 0 Å². The van der Waals surface area contributed by atoms with E-state index in [1.165, 1.54) is 0 Å². The molecule has 3 N–H and O–H groups in total. The molecule has 5 nitrogen and oxygen atoms in total. The SMILES string of the molecule is NCc1cc(OC(F)(F)F)nc(C(=O)O)c1C(F)(F)F. The molecule has 0 aromatic carbocycles. The quantitative estimate of drug-likeness (QED) is 0.836. The summed E-state index contributed by atoms with van der Waals surface area (Å²) < 4.78 is 77.4. The molecule has 0 unspecified atom stereocenters. The van der Waals surface area contributed by atoms with E-state index in [4.69, 9.17) is 10.8 Å². The van der Waals surface area contributed by atoms with Crippen molar-refractivity contribution in [3.05, 3.63) is 22.9 Å². The predicted molar refractivity (Wildman–Crippen MR) is 50.8 cm³/mol. The van der Waals surface area contributed by atoms with E-state index in [-0.39, 0.29) is 0 Å². The van der Waals surface area contributed by atoms with Gasteiger partial charge in [-0.1, -0.05) is 0 Å². The Morgan fingerprint density at radius 1 is 1.30 bits per heavy atom. The Balaban J connectivity index is 3.51. The topological polar surface area (TPSA) is 85.4 Å². The second-order valence-electron chi connectivity index (χ2n) is 3.40. The molecule has 0 spiro atoms. The molecule has 1 aromatic rings. The minimum atomic E-state index is -5.23. The summed E-state index contributed by atoms with van der Waals surface area (Å²) in [5, 5.41) is 8.63. The molecule has 20 heavy (non-hydrogen) atoms. The van der Waals surface area contributed by atoms with Gasteiger partial charge < -0.3 is 15.6 Å². The lowest BCUT2D eigenvalue weighted by atomic mass is 10.1. The summed E-state index contributed by atoms with van der Waals surface area (Å²) in [6, 6.07) is 0.294. The summed E-state index contributed by atoms with van der Waals surface area (Å²) in [4.78, 5) is 13.4. The van der Waals surface area contributed by atoms with Crippen molar-refractivity contribution in [2.75, 3.05) is 0 Å². The van der Waals surface area contributed by atoms with E-state index >= 15 is 0 Å². The van der Waals surface area contributed by atoms with Crippen LogP contribution in [0.15, 0.2) is 6.07 Å². The minimum Gasteiger partial charge on any atom is -0.476 e. The maximum Gasteiger partial charge on any atom is 0.574 e. The van der Waals surface area contributed by atoms with Gasteiger partial charge in [-0.3, -0.25) is 0 Å². The molecule has 1 aromatic heterocycles. The Morgan fingerprint density at radius 3 is 2.20 bits per heavy atom. The molecule has 0 bridgehead atoms. The Labute approximate surface area is 107 Å². The van der Waals surface area contributed by atoms with Crippen LogP contribution >= 0.6 is 0 Å². The van der Waals surface area contributed by atoms with Gasteiger partial charge >= 0.3 is 18.5 Å². The molecule has 112 valence electrons. The average Bonchev–Trinajstić information content (AvgIpc) is 2.23.